The van der Waals surface area contributed by atoms with Gasteiger partial charge in [-0.05, 0) is 50.5 Å². The lowest BCUT2D eigenvalue weighted by Crippen LogP contribution is -2.55. The van der Waals surface area contributed by atoms with Crippen LogP contribution in [0.5, 0.6) is 0 Å². The van der Waals surface area contributed by atoms with Crippen LogP contribution in [0, 0.1) is 43.4 Å². The maximum Gasteiger partial charge on any atom is 0.243 e. The number of carbonyl (C=O) groups excluding carboxylic acids is 5. The number of aliphatic hydroxyl groups excluding tert-OH is 1. The molecule has 256 valence electrons. The summed E-state index contributed by atoms with van der Waals surface area (Å²) in [4.78, 5) is 64.0. The smallest absolute Gasteiger partial charge is 0.243 e. The third-order valence-electron chi connectivity index (χ3n) is 7.53. The maximum absolute atomic E-state index is 13.4. The zero-order valence-corrected chi connectivity index (χ0v) is 28.8. The fourth-order valence-electron chi connectivity index (χ4n) is 4.91. The van der Waals surface area contributed by atoms with Crippen molar-refractivity contribution in [1.82, 2.24) is 31.0 Å². The van der Waals surface area contributed by atoms with Crippen LogP contribution in [0.2, 0.25) is 0 Å². The van der Waals surface area contributed by atoms with Gasteiger partial charge in [0.15, 0.2) is 0 Å². The number of carbonyl (C=O) groups is 5. The summed E-state index contributed by atoms with van der Waals surface area (Å²) < 4.78 is 1.70. The molecule has 6 atom stereocenters. The van der Waals surface area contributed by atoms with Gasteiger partial charge in [-0.1, -0.05) is 55.4 Å². The standard InChI is InChI=1S/C32H57N7O6/c1-17(2)11-24(26(40)12-20(7)29(42)37-28(19(5)6)32(45)34-15-18(3)4)35-31(44)25(14-27(33)41)36-30(43)21(8)16-39-23(10)13-22(9)38-39/h13,17-21,24-26,28,40H,11-12,14-16H2,1-10H3,(H2,33,41)(H,34,45)(H,35,44)(H,36,43)(H,37,42). The topological polar surface area (TPSA) is 198 Å². The van der Waals surface area contributed by atoms with Crippen LogP contribution in [0.1, 0.15) is 86.0 Å². The summed E-state index contributed by atoms with van der Waals surface area (Å²) in [5, 5.41) is 26.6. The molecule has 0 aliphatic rings. The molecule has 0 bridgehead atoms. The lowest BCUT2D eigenvalue weighted by Gasteiger charge is -2.30. The molecule has 0 aromatic carbocycles. The van der Waals surface area contributed by atoms with Gasteiger partial charge in [-0.3, -0.25) is 28.7 Å². The molecule has 7 N–H and O–H groups in total. The summed E-state index contributed by atoms with van der Waals surface area (Å²) in [6.07, 6.45) is -1.17. The van der Waals surface area contributed by atoms with Crippen molar-refractivity contribution in [2.75, 3.05) is 6.54 Å². The molecule has 0 radical (unpaired) electrons. The molecule has 1 aromatic rings. The van der Waals surface area contributed by atoms with E-state index >= 15 is 0 Å². The summed E-state index contributed by atoms with van der Waals surface area (Å²) >= 11 is 0. The predicted octanol–water partition coefficient (Wildman–Crippen LogP) is 1.33. The Balaban J connectivity index is 2.97. The SMILES string of the molecule is Cc1cc(C)n(CC(C)C(=O)NC(CC(N)=O)C(=O)NC(CC(C)C)C(O)CC(C)C(=O)NC(C(=O)NCC(C)C)C(C)C)n1. The maximum atomic E-state index is 13.4. The Labute approximate surface area is 268 Å². The van der Waals surface area contributed by atoms with E-state index in [9.17, 15) is 29.1 Å². The molecule has 0 saturated heterocycles. The number of nitrogens with two attached hydrogens (primary N) is 1. The number of hydrogen-bond donors (Lipinski definition) is 6. The van der Waals surface area contributed by atoms with E-state index in [4.69, 9.17) is 5.73 Å². The molecule has 45 heavy (non-hydrogen) atoms. The van der Waals surface area contributed by atoms with Crippen molar-refractivity contribution in [3.05, 3.63) is 17.5 Å². The molecular weight excluding hydrogens is 578 g/mol. The first-order valence-corrected chi connectivity index (χ1v) is 16.0. The van der Waals surface area contributed by atoms with E-state index in [-0.39, 0.29) is 36.6 Å². The highest BCUT2D eigenvalue weighted by atomic mass is 16.3. The largest absolute Gasteiger partial charge is 0.391 e. The number of nitrogens with zero attached hydrogens (tertiary/aromatic N) is 2. The molecule has 1 heterocycles. The molecule has 0 aliphatic carbocycles. The molecule has 13 nitrogen and oxygen atoms in total. The van der Waals surface area contributed by atoms with Crippen LogP contribution in [-0.2, 0) is 30.5 Å². The van der Waals surface area contributed by atoms with Gasteiger partial charge in [0, 0.05) is 18.2 Å². The van der Waals surface area contributed by atoms with E-state index in [0.717, 1.165) is 11.4 Å². The van der Waals surface area contributed by atoms with E-state index < -0.39 is 66.1 Å². The van der Waals surface area contributed by atoms with Crippen LogP contribution < -0.4 is 27.0 Å². The van der Waals surface area contributed by atoms with Crippen LogP contribution in [0.15, 0.2) is 6.07 Å². The van der Waals surface area contributed by atoms with Gasteiger partial charge in [-0.25, -0.2) is 0 Å². The quantitative estimate of drug-likeness (QED) is 0.132. The minimum atomic E-state index is -1.25. The van der Waals surface area contributed by atoms with Gasteiger partial charge in [0.1, 0.15) is 12.1 Å². The van der Waals surface area contributed by atoms with Gasteiger partial charge in [0.25, 0.3) is 0 Å². The third-order valence-corrected chi connectivity index (χ3v) is 7.53. The van der Waals surface area contributed by atoms with E-state index in [0.29, 0.717) is 13.0 Å². The zero-order valence-electron chi connectivity index (χ0n) is 28.8. The summed E-state index contributed by atoms with van der Waals surface area (Å²) in [5.74, 6) is -3.62. The van der Waals surface area contributed by atoms with Crippen LogP contribution in [0.4, 0.5) is 0 Å². The molecule has 0 fully saturated rings. The van der Waals surface area contributed by atoms with E-state index in [1.54, 1.807) is 18.5 Å². The van der Waals surface area contributed by atoms with E-state index in [2.05, 4.69) is 26.4 Å². The van der Waals surface area contributed by atoms with Crippen molar-refractivity contribution < 1.29 is 29.1 Å². The van der Waals surface area contributed by atoms with Crippen molar-refractivity contribution >= 4 is 29.5 Å². The molecular formula is C32H57N7O6. The van der Waals surface area contributed by atoms with E-state index in [1.807, 2.05) is 61.5 Å². The van der Waals surface area contributed by atoms with Gasteiger partial charge < -0.3 is 32.1 Å². The fourth-order valence-corrected chi connectivity index (χ4v) is 4.91. The van der Waals surface area contributed by atoms with Crippen molar-refractivity contribution in [2.24, 2.45) is 35.3 Å². The minimum absolute atomic E-state index is 0.00838. The second kappa shape index (κ2) is 18.5. The van der Waals surface area contributed by atoms with Crippen molar-refractivity contribution in [2.45, 2.75) is 119 Å². The first-order valence-electron chi connectivity index (χ1n) is 16.0. The Kier molecular flexibility index (Phi) is 16.2. The fraction of sp³-hybridized carbons (Fsp3) is 0.750. The van der Waals surface area contributed by atoms with E-state index in [1.165, 1.54) is 0 Å². The number of nitrogens with one attached hydrogen (secondary N) is 4. The molecule has 0 spiro atoms. The lowest BCUT2D eigenvalue weighted by atomic mass is 9.91. The molecule has 13 heteroatoms. The number of aryl methyl sites for hydroxylation is 2. The highest BCUT2D eigenvalue weighted by Crippen LogP contribution is 2.17. The first-order chi connectivity index (χ1) is 20.8. The normalized spacial score (nSPS) is 15.6. The summed E-state index contributed by atoms with van der Waals surface area (Å²) in [7, 11) is 0. The molecule has 5 amide bonds. The Hall–Kier alpha value is -3.48. The zero-order chi connectivity index (χ0) is 34.6. The van der Waals surface area contributed by atoms with Crippen molar-refractivity contribution in [3.63, 3.8) is 0 Å². The Morgan fingerprint density at radius 1 is 0.822 bits per heavy atom. The van der Waals surface area contributed by atoms with Crippen LogP contribution >= 0.6 is 0 Å². The van der Waals surface area contributed by atoms with Gasteiger partial charge in [0.05, 0.1) is 36.7 Å². The number of amides is 5. The second-order valence-corrected chi connectivity index (χ2v) is 13.6. The average molecular weight is 636 g/mol. The van der Waals surface area contributed by atoms with Gasteiger partial charge in [-0.15, -0.1) is 0 Å². The number of rotatable bonds is 19. The monoisotopic (exact) mass is 635 g/mol. The van der Waals surface area contributed by atoms with Crippen molar-refractivity contribution in [1.29, 1.82) is 0 Å². The Bertz CT molecular complexity index is 1150. The summed E-state index contributed by atoms with van der Waals surface area (Å²) in [5.41, 5.74) is 7.12. The highest BCUT2D eigenvalue weighted by molar-refractivity contribution is 5.92. The summed E-state index contributed by atoms with van der Waals surface area (Å²) in [6, 6.07) is -0.866. The second-order valence-electron chi connectivity index (χ2n) is 13.6. The van der Waals surface area contributed by atoms with Gasteiger partial charge in [0.2, 0.25) is 29.5 Å². The van der Waals surface area contributed by atoms with Gasteiger partial charge >= 0.3 is 0 Å². The molecule has 1 rings (SSSR count). The molecule has 6 unspecified atom stereocenters. The number of hydrogen-bond acceptors (Lipinski definition) is 7. The lowest BCUT2D eigenvalue weighted by molar-refractivity contribution is -0.134. The van der Waals surface area contributed by atoms with Crippen molar-refractivity contribution in [3.8, 4) is 0 Å². The predicted molar refractivity (Wildman–Crippen MR) is 172 cm³/mol. The van der Waals surface area contributed by atoms with Crippen LogP contribution in [0.25, 0.3) is 0 Å². The van der Waals surface area contributed by atoms with Crippen LogP contribution in [-0.4, -0.2) is 75.2 Å². The number of aliphatic hydroxyl groups is 1. The molecule has 0 aliphatic heterocycles. The minimum Gasteiger partial charge on any atom is -0.391 e. The average Bonchev–Trinajstić information content (AvgIpc) is 3.24. The molecule has 1 aromatic heterocycles. The Morgan fingerprint density at radius 3 is 1.91 bits per heavy atom. The first kappa shape index (κ1) is 39.5. The van der Waals surface area contributed by atoms with Gasteiger partial charge in [-0.2, -0.15) is 5.10 Å². The highest BCUT2D eigenvalue weighted by Gasteiger charge is 2.32. The molecule has 0 saturated carbocycles. The third kappa shape index (κ3) is 14.0. The Morgan fingerprint density at radius 2 is 1.42 bits per heavy atom. The van der Waals surface area contributed by atoms with Crippen LogP contribution in [0.3, 0.4) is 0 Å². The number of primary amides is 1. The summed E-state index contributed by atoms with van der Waals surface area (Å²) in [6.45, 7) is 19.3. The number of aromatic nitrogens is 2.